The maximum absolute atomic E-state index is 6.24. The first-order chi connectivity index (χ1) is 7.86. The number of hydrogen-bond donors (Lipinski definition) is 1. The third-order valence-electron chi connectivity index (χ3n) is 3.38. The first-order valence-corrected chi connectivity index (χ1v) is 6.39. The van der Waals surface area contributed by atoms with E-state index in [2.05, 4.69) is 29.2 Å². The van der Waals surface area contributed by atoms with E-state index >= 15 is 0 Å². The van der Waals surface area contributed by atoms with Gasteiger partial charge in [0.1, 0.15) is 0 Å². The van der Waals surface area contributed by atoms with Crippen LogP contribution in [0.3, 0.4) is 0 Å². The Morgan fingerprint density at radius 2 is 1.62 bits per heavy atom. The summed E-state index contributed by atoms with van der Waals surface area (Å²) in [7, 11) is 0. The van der Waals surface area contributed by atoms with Crippen LogP contribution >= 0.6 is 0 Å². The third kappa shape index (κ3) is 3.32. The topological polar surface area (TPSA) is 29.3 Å². The van der Waals surface area contributed by atoms with Crippen LogP contribution in [0.15, 0.2) is 30.3 Å². The van der Waals surface area contributed by atoms with E-state index in [1.165, 1.54) is 44.3 Å². The van der Waals surface area contributed by atoms with Crippen molar-refractivity contribution in [2.75, 3.05) is 19.6 Å². The van der Waals surface area contributed by atoms with Gasteiger partial charge in [0.05, 0.1) is 0 Å². The highest BCUT2D eigenvalue weighted by atomic mass is 15.1. The van der Waals surface area contributed by atoms with Crippen molar-refractivity contribution in [1.82, 2.24) is 4.90 Å². The number of likely N-dealkylation sites (tertiary alicyclic amines) is 1. The molecule has 0 bridgehead atoms. The monoisotopic (exact) mass is 218 g/mol. The van der Waals surface area contributed by atoms with Crippen LogP contribution in [0.5, 0.6) is 0 Å². The molecule has 0 amide bonds. The van der Waals surface area contributed by atoms with Crippen molar-refractivity contribution in [2.24, 2.45) is 5.73 Å². The molecule has 1 heterocycles. The van der Waals surface area contributed by atoms with Gasteiger partial charge < -0.3 is 10.6 Å². The second kappa shape index (κ2) is 6.02. The number of benzene rings is 1. The quantitative estimate of drug-likeness (QED) is 0.845. The largest absolute Gasteiger partial charge is 0.323 e. The number of nitrogens with zero attached hydrogens (tertiary/aromatic N) is 1. The Bertz CT molecular complexity index is 289. The van der Waals surface area contributed by atoms with Crippen molar-refractivity contribution in [3.8, 4) is 0 Å². The van der Waals surface area contributed by atoms with E-state index in [0.717, 1.165) is 6.54 Å². The van der Waals surface area contributed by atoms with Crippen LogP contribution < -0.4 is 5.73 Å². The Hall–Kier alpha value is -0.860. The minimum atomic E-state index is 0.166. The van der Waals surface area contributed by atoms with Gasteiger partial charge in [-0.1, -0.05) is 43.2 Å². The molecule has 1 aliphatic rings. The molecule has 1 fully saturated rings. The van der Waals surface area contributed by atoms with E-state index in [-0.39, 0.29) is 6.04 Å². The lowest BCUT2D eigenvalue weighted by Crippen LogP contribution is -2.32. The third-order valence-corrected chi connectivity index (χ3v) is 3.38. The summed E-state index contributed by atoms with van der Waals surface area (Å²) >= 11 is 0. The van der Waals surface area contributed by atoms with Gasteiger partial charge in [-0.3, -0.25) is 0 Å². The Kier molecular flexibility index (Phi) is 4.37. The molecule has 2 N–H and O–H groups in total. The van der Waals surface area contributed by atoms with Crippen LogP contribution in [0.25, 0.3) is 0 Å². The molecule has 1 unspecified atom stereocenters. The van der Waals surface area contributed by atoms with Gasteiger partial charge in [0.25, 0.3) is 0 Å². The highest BCUT2D eigenvalue weighted by Crippen LogP contribution is 2.15. The van der Waals surface area contributed by atoms with Gasteiger partial charge in [-0.25, -0.2) is 0 Å². The van der Waals surface area contributed by atoms with Gasteiger partial charge in [-0.2, -0.15) is 0 Å². The average molecular weight is 218 g/mol. The fourth-order valence-electron chi connectivity index (χ4n) is 2.40. The maximum Gasteiger partial charge on any atom is 0.0424 e. The fourth-order valence-corrected chi connectivity index (χ4v) is 2.40. The Morgan fingerprint density at radius 3 is 2.25 bits per heavy atom. The van der Waals surface area contributed by atoms with E-state index < -0.39 is 0 Å². The van der Waals surface area contributed by atoms with E-state index in [4.69, 9.17) is 5.73 Å². The molecular weight excluding hydrogens is 196 g/mol. The lowest BCUT2D eigenvalue weighted by Gasteiger charge is -2.24. The second-order valence-corrected chi connectivity index (χ2v) is 4.73. The molecule has 1 aliphatic heterocycles. The number of nitrogens with two attached hydrogens (primary N) is 1. The molecule has 1 aromatic rings. The van der Waals surface area contributed by atoms with E-state index in [0.29, 0.717) is 0 Å². The minimum absolute atomic E-state index is 0.166. The lowest BCUT2D eigenvalue weighted by molar-refractivity contribution is 0.268. The molecule has 2 nitrogen and oxygen atoms in total. The summed E-state index contributed by atoms with van der Waals surface area (Å²) in [6, 6.07) is 10.6. The Morgan fingerprint density at radius 1 is 1.00 bits per heavy atom. The molecule has 2 heteroatoms. The maximum atomic E-state index is 6.24. The summed E-state index contributed by atoms with van der Waals surface area (Å²) < 4.78 is 0. The van der Waals surface area contributed by atoms with Gasteiger partial charge in [0, 0.05) is 12.6 Å². The summed E-state index contributed by atoms with van der Waals surface area (Å²) in [6.07, 6.45) is 5.44. The summed E-state index contributed by atoms with van der Waals surface area (Å²) in [4.78, 5) is 2.52. The molecule has 0 radical (unpaired) electrons. The van der Waals surface area contributed by atoms with E-state index in [1.54, 1.807) is 0 Å². The SMILES string of the molecule is NC(CN1CCCCCC1)c1ccccc1. The lowest BCUT2D eigenvalue weighted by atomic mass is 10.1. The van der Waals surface area contributed by atoms with Gasteiger partial charge in [-0.05, 0) is 31.5 Å². The first kappa shape index (κ1) is 11.6. The average Bonchev–Trinajstić information content (AvgIpc) is 2.59. The number of hydrogen-bond acceptors (Lipinski definition) is 2. The summed E-state index contributed by atoms with van der Waals surface area (Å²) in [5, 5.41) is 0. The Balaban J connectivity index is 1.88. The molecule has 0 aliphatic carbocycles. The Labute approximate surface area is 98.4 Å². The van der Waals surface area contributed by atoms with Crippen LogP contribution in [0.2, 0.25) is 0 Å². The van der Waals surface area contributed by atoms with E-state index in [9.17, 15) is 0 Å². The van der Waals surface area contributed by atoms with Crippen molar-refractivity contribution < 1.29 is 0 Å². The summed E-state index contributed by atoms with van der Waals surface area (Å²) in [6.45, 7) is 3.45. The highest BCUT2D eigenvalue weighted by Gasteiger charge is 2.13. The summed E-state index contributed by atoms with van der Waals surface area (Å²) in [5.41, 5.74) is 7.49. The van der Waals surface area contributed by atoms with Crippen LogP contribution in [-0.2, 0) is 0 Å². The standard InChI is InChI=1S/C14H22N2/c15-14(13-8-4-3-5-9-13)12-16-10-6-1-2-7-11-16/h3-5,8-9,14H,1-2,6-7,10-12,15H2. The summed E-state index contributed by atoms with van der Waals surface area (Å²) in [5.74, 6) is 0. The molecule has 88 valence electrons. The first-order valence-electron chi connectivity index (χ1n) is 6.39. The van der Waals surface area contributed by atoms with Gasteiger partial charge in [0.2, 0.25) is 0 Å². The van der Waals surface area contributed by atoms with Crippen molar-refractivity contribution >= 4 is 0 Å². The highest BCUT2D eigenvalue weighted by molar-refractivity contribution is 5.18. The molecule has 2 rings (SSSR count). The predicted octanol–water partition coefficient (Wildman–Crippen LogP) is 2.56. The van der Waals surface area contributed by atoms with Crippen LogP contribution in [0.1, 0.15) is 37.3 Å². The number of rotatable bonds is 3. The van der Waals surface area contributed by atoms with Crippen LogP contribution in [0, 0.1) is 0 Å². The molecule has 1 saturated heterocycles. The zero-order valence-corrected chi connectivity index (χ0v) is 9.94. The van der Waals surface area contributed by atoms with Crippen molar-refractivity contribution in [3.63, 3.8) is 0 Å². The van der Waals surface area contributed by atoms with Gasteiger partial charge in [0.15, 0.2) is 0 Å². The molecule has 0 aromatic heterocycles. The molecule has 1 atom stereocenters. The second-order valence-electron chi connectivity index (χ2n) is 4.73. The smallest absolute Gasteiger partial charge is 0.0424 e. The molecule has 0 saturated carbocycles. The molecular formula is C14H22N2. The van der Waals surface area contributed by atoms with Gasteiger partial charge in [-0.15, -0.1) is 0 Å². The van der Waals surface area contributed by atoms with Crippen molar-refractivity contribution in [2.45, 2.75) is 31.7 Å². The van der Waals surface area contributed by atoms with Crippen molar-refractivity contribution in [3.05, 3.63) is 35.9 Å². The van der Waals surface area contributed by atoms with Crippen LogP contribution in [-0.4, -0.2) is 24.5 Å². The normalized spacial score (nSPS) is 20.3. The molecule has 0 spiro atoms. The van der Waals surface area contributed by atoms with E-state index in [1.807, 2.05) is 6.07 Å². The fraction of sp³-hybridized carbons (Fsp3) is 0.571. The zero-order valence-electron chi connectivity index (χ0n) is 9.94. The zero-order chi connectivity index (χ0) is 11.2. The molecule has 16 heavy (non-hydrogen) atoms. The van der Waals surface area contributed by atoms with Gasteiger partial charge >= 0.3 is 0 Å². The van der Waals surface area contributed by atoms with Crippen molar-refractivity contribution in [1.29, 1.82) is 0 Å². The van der Waals surface area contributed by atoms with Crippen LogP contribution in [0.4, 0.5) is 0 Å². The minimum Gasteiger partial charge on any atom is -0.323 e. The molecule has 1 aromatic carbocycles. The predicted molar refractivity (Wildman–Crippen MR) is 68.3 cm³/mol.